The van der Waals surface area contributed by atoms with Crippen molar-refractivity contribution >= 4 is 0 Å². The molecular weight excluding hydrogens is 364 g/mol. The second-order valence-electron chi connectivity index (χ2n) is 14.5. The zero-order valence-electron chi connectivity index (χ0n) is 22.3. The van der Waals surface area contributed by atoms with Gasteiger partial charge in [0.1, 0.15) is 0 Å². The Morgan fingerprint density at radius 3 is 1.97 bits per heavy atom. The molecule has 2 aliphatic heterocycles. The fourth-order valence-electron chi connectivity index (χ4n) is 7.45. The third-order valence-corrected chi connectivity index (χ3v) is 9.18. The third kappa shape index (κ3) is 4.95. The SMILES string of the molecule is CC(C)(C)C1CCCCN1C(C)(C)CCC(C)(C)C1CC2CCCC2N1C(C)(C)C. The molecule has 3 fully saturated rings. The van der Waals surface area contributed by atoms with Crippen LogP contribution in [0.25, 0.3) is 0 Å². The van der Waals surface area contributed by atoms with E-state index in [9.17, 15) is 0 Å². The second kappa shape index (κ2) is 8.36. The zero-order chi connectivity index (χ0) is 22.5. The molecule has 3 rings (SSSR count). The summed E-state index contributed by atoms with van der Waals surface area (Å²) in [5.41, 5.74) is 1.32. The molecule has 2 saturated heterocycles. The van der Waals surface area contributed by atoms with Gasteiger partial charge in [-0.1, -0.05) is 47.5 Å². The largest absolute Gasteiger partial charge is 0.295 e. The van der Waals surface area contributed by atoms with Crippen molar-refractivity contribution < 1.29 is 0 Å². The van der Waals surface area contributed by atoms with Crippen LogP contribution >= 0.6 is 0 Å². The first-order valence-corrected chi connectivity index (χ1v) is 13.2. The number of piperidine rings is 1. The maximum absolute atomic E-state index is 2.97. The minimum absolute atomic E-state index is 0.283. The summed E-state index contributed by atoms with van der Waals surface area (Å²) in [6.45, 7) is 26.3. The standard InChI is InChI=1S/C28H54N2/c1-25(2,3)23-16-11-12-19-29(23)28(9,10)18-17-27(7,8)24-20-21-14-13-15-22(21)30(24)26(4,5)6/h21-24H,11-20H2,1-10H3. The van der Waals surface area contributed by atoms with E-state index >= 15 is 0 Å². The van der Waals surface area contributed by atoms with Gasteiger partial charge in [0.2, 0.25) is 0 Å². The van der Waals surface area contributed by atoms with Gasteiger partial charge in [-0.3, -0.25) is 9.80 Å². The Morgan fingerprint density at radius 1 is 0.700 bits per heavy atom. The average molecular weight is 419 g/mol. The highest BCUT2D eigenvalue weighted by Gasteiger charge is 2.52. The van der Waals surface area contributed by atoms with Crippen LogP contribution in [0.5, 0.6) is 0 Å². The summed E-state index contributed by atoms with van der Waals surface area (Å²) in [4.78, 5) is 5.87. The van der Waals surface area contributed by atoms with Gasteiger partial charge >= 0.3 is 0 Å². The zero-order valence-corrected chi connectivity index (χ0v) is 22.3. The lowest BCUT2D eigenvalue weighted by Gasteiger charge is -2.53. The van der Waals surface area contributed by atoms with Crippen LogP contribution in [0.2, 0.25) is 0 Å². The van der Waals surface area contributed by atoms with E-state index in [0.717, 1.165) is 24.0 Å². The number of hydrogen-bond donors (Lipinski definition) is 0. The quantitative estimate of drug-likeness (QED) is 0.455. The highest BCUT2D eigenvalue weighted by molar-refractivity contribution is 5.06. The topological polar surface area (TPSA) is 6.48 Å². The Labute approximate surface area is 189 Å². The highest BCUT2D eigenvalue weighted by Crippen LogP contribution is 2.51. The van der Waals surface area contributed by atoms with Gasteiger partial charge in [-0.2, -0.15) is 0 Å². The van der Waals surface area contributed by atoms with Crippen molar-refractivity contribution in [1.82, 2.24) is 9.80 Å². The smallest absolute Gasteiger partial charge is 0.0158 e. The molecule has 0 amide bonds. The summed E-state index contributed by atoms with van der Waals surface area (Å²) in [5.74, 6) is 0.953. The lowest BCUT2D eigenvalue weighted by Crippen LogP contribution is -2.57. The Balaban J connectivity index is 1.73. The Bertz CT molecular complexity index is 576. The lowest BCUT2D eigenvalue weighted by molar-refractivity contribution is -0.0309. The number of likely N-dealkylation sites (tertiary alicyclic amines) is 2. The monoisotopic (exact) mass is 418 g/mol. The van der Waals surface area contributed by atoms with Crippen molar-refractivity contribution in [2.24, 2.45) is 16.7 Å². The van der Waals surface area contributed by atoms with Crippen LogP contribution in [-0.4, -0.2) is 45.5 Å². The van der Waals surface area contributed by atoms with Crippen LogP contribution in [-0.2, 0) is 0 Å². The van der Waals surface area contributed by atoms with E-state index < -0.39 is 0 Å². The van der Waals surface area contributed by atoms with Gasteiger partial charge in [0.25, 0.3) is 0 Å². The van der Waals surface area contributed by atoms with E-state index in [0.29, 0.717) is 10.8 Å². The molecule has 0 radical (unpaired) electrons. The Kier molecular flexibility index (Phi) is 6.85. The first-order chi connectivity index (χ1) is 13.6. The molecule has 0 spiro atoms. The van der Waals surface area contributed by atoms with Gasteiger partial charge in [-0.25, -0.2) is 0 Å². The molecular formula is C28H54N2. The summed E-state index contributed by atoms with van der Waals surface area (Å²) in [6.07, 6.45) is 12.6. The van der Waals surface area contributed by atoms with E-state index in [4.69, 9.17) is 0 Å². The van der Waals surface area contributed by atoms with Gasteiger partial charge in [0.15, 0.2) is 0 Å². The third-order valence-electron chi connectivity index (χ3n) is 9.18. The van der Waals surface area contributed by atoms with Gasteiger partial charge < -0.3 is 0 Å². The van der Waals surface area contributed by atoms with Gasteiger partial charge in [0, 0.05) is 29.2 Å². The predicted octanol–water partition coefficient (Wildman–Crippen LogP) is 7.51. The van der Waals surface area contributed by atoms with Crippen molar-refractivity contribution in [3.63, 3.8) is 0 Å². The molecule has 0 aromatic rings. The normalized spacial score (nSPS) is 32.6. The molecule has 0 aromatic carbocycles. The minimum Gasteiger partial charge on any atom is -0.295 e. The molecule has 30 heavy (non-hydrogen) atoms. The summed E-state index contributed by atoms with van der Waals surface area (Å²) >= 11 is 0. The van der Waals surface area contributed by atoms with E-state index in [2.05, 4.69) is 79.0 Å². The summed E-state index contributed by atoms with van der Waals surface area (Å²) in [6, 6.07) is 2.30. The molecule has 1 aliphatic carbocycles. The van der Waals surface area contributed by atoms with E-state index in [1.807, 2.05) is 0 Å². The van der Waals surface area contributed by atoms with Crippen LogP contribution in [0.3, 0.4) is 0 Å². The highest BCUT2D eigenvalue weighted by atomic mass is 15.3. The summed E-state index contributed by atoms with van der Waals surface area (Å²) < 4.78 is 0. The molecule has 2 heteroatoms. The van der Waals surface area contributed by atoms with Crippen molar-refractivity contribution in [2.75, 3.05) is 6.54 Å². The van der Waals surface area contributed by atoms with Gasteiger partial charge in [-0.05, 0) is 103 Å². The minimum atomic E-state index is 0.283. The molecule has 0 bridgehead atoms. The first kappa shape index (κ1) is 24.6. The average Bonchev–Trinajstić information content (AvgIpc) is 3.20. The Hall–Kier alpha value is -0.0800. The van der Waals surface area contributed by atoms with Crippen LogP contribution in [0.1, 0.15) is 127 Å². The van der Waals surface area contributed by atoms with Crippen molar-refractivity contribution in [2.45, 2.75) is 156 Å². The Morgan fingerprint density at radius 2 is 1.37 bits per heavy atom. The summed E-state index contributed by atoms with van der Waals surface area (Å²) in [5, 5.41) is 0. The molecule has 2 nitrogen and oxygen atoms in total. The maximum Gasteiger partial charge on any atom is 0.0158 e. The first-order valence-electron chi connectivity index (χ1n) is 13.2. The number of hydrogen-bond acceptors (Lipinski definition) is 2. The van der Waals surface area contributed by atoms with E-state index in [1.54, 1.807) is 0 Å². The number of fused-ring (bicyclic) bond motifs is 1. The van der Waals surface area contributed by atoms with Crippen LogP contribution < -0.4 is 0 Å². The van der Waals surface area contributed by atoms with E-state index in [-0.39, 0.29) is 11.1 Å². The molecule has 3 aliphatic rings. The number of nitrogens with zero attached hydrogens (tertiary/aromatic N) is 2. The van der Waals surface area contributed by atoms with Crippen molar-refractivity contribution in [1.29, 1.82) is 0 Å². The summed E-state index contributed by atoms with van der Waals surface area (Å²) in [7, 11) is 0. The van der Waals surface area contributed by atoms with Crippen molar-refractivity contribution in [3.05, 3.63) is 0 Å². The van der Waals surface area contributed by atoms with Crippen LogP contribution in [0, 0.1) is 16.7 Å². The fraction of sp³-hybridized carbons (Fsp3) is 1.00. The number of rotatable bonds is 5. The van der Waals surface area contributed by atoms with Gasteiger partial charge in [-0.15, -0.1) is 0 Å². The molecule has 1 saturated carbocycles. The van der Waals surface area contributed by atoms with Gasteiger partial charge in [0.05, 0.1) is 0 Å². The fourth-order valence-corrected chi connectivity index (χ4v) is 7.45. The molecule has 176 valence electrons. The molecule has 0 aromatic heterocycles. The molecule has 4 atom stereocenters. The molecule has 4 unspecified atom stereocenters. The molecule has 2 heterocycles. The second-order valence-corrected chi connectivity index (χ2v) is 14.5. The maximum atomic E-state index is 2.97. The van der Waals surface area contributed by atoms with Crippen LogP contribution in [0.4, 0.5) is 0 Å². The molecule has 0 N–H and O–H groups in total. The van der Waals surface area contributed by atoms with E-state index in [1.165, 1.54) is 64.3 Å². The van der Waals surface area contributed by atoms with Crippen LogP contribution in [0.15, 0.2) is 0 Å². The lowest BCUT2D eigenvalue weighted by atomic mass is 9.73. The predicted molar refractivity (Wildman–Crippen MR) is 132 cm³/mol. The van der Waals surface area contributed by atoms with Crippen molar-refractivity contribution in [3.8, 4) is 0 Å².